The number of terminal acetylenes is 1. The lowest BCUT2D eigenvalue weighted by molar-refractivity contribution is 0.559. The predicted octanol–water partition coefficient (Wildman–Crippen LogP) is 2.91. The molecule has 1 N–H and O–H groups in total. The summed E-state index contributed by atoms with van der Waals surface area (Å²) in [5.41, 5.74) is 1.30. The van der Waals surface area contributed by atoms with Crippen molar-refractivity contribution in [2.75, 3.05) is 6.26 Å². The van der Waals surface area contributed by atoms with Crippen LogP contribution >= 0.6 is 11.8 Å². The molecule has 15 heavy (non-hydrogen) atoms. The van der Waals surface area contributed by atoms with E-state index in [0.29, 0.717) is 6.04 Å². The van der Waals surface area contributed by atoms with Crippen molar-refractivity contribution < 1.29 is 0 Å². The lowest BCUT2D eigenvalue weighted by Gasteiger charge is -2.10. The fourth-order valence-electron chi connectivity index (χ4n) is 1.28. The molecule has 0 saturated carbocycles. The van der Waals surface area contributed by atoms with Crippen LogP contribution in [0.25, 0.3) is 0 Å². The molecule has 0 bridgehead atoms. The molecule has 80 valence electrons. The predicted molar refractivity (Wildman–Crippen MR) is 68.0 cm³/mol. The first-order valence-electron chi connectivity index (χ1n) is 5.06. The molecule has 0 amide bonds. The highest BCUT2D eigenvalue weighted by atomic mass is 32.2. The minimum atomic E-state index is 0.384. The Kier molecular flexibility index (Phi) is 5.31. The zero-order valence-electron chi connectivity index (χ0n) is 9.29. The smallest absolute Gasteiger partial charge is 0.0238 e. The second kappa shape index (κ2) is 6.55. The van der Waals surface area contributed by atoms with Crippen LogP contribution in [0.3, 0.4) is 0 Å². The van der Waals surface area contributed by atoms with Gasteiger partial charge in [-0.2, -0.15) is 0 Å². The van der Waals surface area contributed by atoms with E-state index in [9.17, 15) is 0 Å². The molecule has 1 atom stereocenters. The summed E-state index contributed by atoms with van der Waals surface area (Å²) in [7, 11) is 0. The summed E-state index contributed by atoms with van der Waals surface area (Å²) in [6, 6.07) is 8.99. The maximum Gasteiger partial charge on any atom is 0.0238 e. The zero-order chi connectivity index (χ0) is 11.1. The van der Waals surface area contributed by atoms with Crippen LogP contribution in [0.2, 0.25) is 0 Å². The molecule has 1 aromatic carbocycles. The summed E-state index contributed by atoms with van der Waals surface area (Å²) in [5.74, 6) is 2.66. The van der Waals surface area contributed by atoms with E-state index in [1.54, 1.807) is 11.8 Å². The minimum Gasteiger partial charge on any atom is -0.309 e. The minimum absolute atomic E-state index is 0.384. The van der Waals surface area contributed by atoms with Crippen LogP contribution in [0.4, 0.5) is 0 Å². The van der Waals surface area contributed by atoms with Crippen molar-refractivity contribution in [2.45, 2.75) is 30.8 Å². The Labute approximate surface area is 96.7 Å². The average Bonchev–Trinajstić information content (AvgIpc) is 2.27. The molecular weight excluding hydrogens is 202 g/mol. The largest absolute Gasteiger partial charge is 0.309 e. The van der Waals surface area contributed by atoms with Crippen LogP contribution in [0.1, 0.15) is 18.9 Å². The van der Waals surface area contributed by atoms with Gasteiger partial charge in [-0.05, 0) is 30.9 Å². The Morgan fingerprint density at radius 2 is 2.07 bits per heavy atom. The SMILES string of the molecule is C#CCC(C)NCc1ccc(SC)cc1. The second-order valence-electron chi connectivity index (χ2n) is 3.54. The Hall–Kier alpha value is -0.910. The molecule has 0 fully saturated rings. The summed E-state index contributed by atoms with van der Waals surface area (Å²) in [6.45, 7) is 2.99. The summed E-state index contributed by atoms with van der Waals surface area (Å²) in [5, 5.41) is 3.39. The van der Waals surface area contributed by atoms with E-state index < -0.39 is 0 Å². The van der Waals surface area contributed by atoms with E-state index in [-0.39, 0.29) is 0 Å². The summed E-state index contributed by atoms with van der Waals surface area (Å²) >= 11 is 1.76. The first-order chi connectivity index (χ1) is 7.26. The van der Waals surface area contributed by atoms with Gasteiger partial charge in [-0.15, -0.1) is 24.1 Å². The normalized spacial score (nSPS) is 12.1. The second-order valence-corrected chi connectivity index (χ2v) is 4.42. The van der Waals surface area contributed by atoms with Gasteiger partial charge in [-0.25, -0.2) is 0 Å². The Balaban J connectivity index is 2.41. The molecule has 1 rings (SSSR count). The number of hydrogen-bond donors (Lipinski definition) is 1. The van der Waals surface area contributed by atoms with Crippen LogP contribution in [-0.2, 0) is 6.54 Å². The summed E-state index contributed by atoms with van der Waals surface area (Å²) in [4.78, 5) is 1.30. The van der Waals surface area contributed by atoms with Crippen LogP contribution in [0, 0.1) is 12.3 Å². The van der Waals surface area contributed by atoms with E-state index >= 15 is 0 Å². The molecule has 0 radical (unpaired) electrons. The Morgan fingerprint density at radius 1 is 1.40 bits per heavy atom. The van der Waals surface area contributed by atoms with Crippen molar-refractivity contribution in [1.29, 1.82) is 0 Å². The molecule has 2 heteroatoms. The first-order valence-corrected chi connectivity index (χ1v) is 6.28. The van der Waals surface area contributed by atoms with Crippen molar-refractivity contribution in [3.05, 3.63) is 29.8 Å². The molecule has 0 aromatic heterocycles. The van der Waals surface area contributed by atoms with Crippen molar-refractivity contribution in [2.24, 2.45) is 0 Å². The van der Waals surface area contributed by atoms with Gasteiger partial charge in [0, 0.05) is 23.9 Å². The Bertz CT molecular complexity index is 323. The average molecular weight is 219 g/mol. The van der Waals surface area contributed by atoms with Gasteiger partial charge in [0.05, 0.1) is 0 Å². The zero-order valence-corrected chi connectivity index (χ0v) is 10.1. The first kappa shape index (κ1) is 12.2. The van der Waals surface area contributed by atoms with E-state index in [4.69, 9.17) is 6.42 Å². The van der Waals surface area contributed by atoms with Crippen molar-refractivity contribution >= 4 is 11.8 Å². The third-order valence-electron chi connectivity index (χ3n) is 2.24. The Morgan fingerprint density at radius 3 is 2.60 bits per heavy atom. The molecule has 0 saturated heterocycles. The lowest BCUT2D eigenvalue weighted by atomic mass is 10.2. The summed E-state index contributed by atoms with van der Waals surface area (Å²) < 4.78 is 0. The van der Waals surface area contributed by atoms with Crippen molar-refractivity contribution in [1.82, 2.24) is 5.32 Å². The fraction of sp³-hybridized carbons (Fsp3) is 0.385. The standard InChI is InChI=1S/C13H17NS/c1-4-5-11(2)14-10-12-6-8-13(15-3)9-7-12/h1,6-9,11,14H,5,10H2,2-3H3. The highest BCUT2D eigenvalue weighted by Crippen LogP contribution is 2.14. The van der Waals surface area contributed by atoms with Gasteiger partial charge < -0.3 is 5.32 Å². The van der Waals surface area contributed by atoms with E-state index in [0.717, 1.165) is 13.0 Å². The molecule has 0 spiro atoms. The highest BCUT2D eigenvalue weighted by molar-refractivity contribution is 7.98. The van der Waals surface area contributed by atoms with E-state index in [2.05, 4.69) is 48.7 Å². The maximum atomic E-state index is 5.24. The molecule has 1 unspecified atom stereocenters. The molecule has 0 aliphatic heterocycles. The van der Waals surface area contributed by atoms with Crippen LogP contribution in [0.15, 0.2) is 29.2 Å². The number of benzene rings is 1. The topological polar surface area (TPSA) is 12.0 Å². The van der Waals surface area contributed by atoms with Gasteiger partial charge in [0.1, 0.15) is 0 Å². The van der Waals surface area contributed by atoms with Gasteiger partial charge >= 0.3 is 0 Å². The van der Waals surface area contributed by atoms with Crippen LogP contribution in [-0.4, -0.2) is 12.3 Å². The van der Waals surface area contributed by atoms with Gasteiger partial charge in [0.15, 0.2) is 0 Å². The third-order valence-corrected chi connectivity index (χ3v) is 2.98. The molecule has 0 heterocycles. The molecule has 1 nitrogen and oxygen atoms in total. The van der Waals surface area contributed by atoms with Crippen LogP contribution in [0.5, 0.6) is 0 Å². The van der Waals surface area contributed by atoms with Gasteiger partial charge in [-0.1, -0.05) is 12.1 Å². The molecule has 0 aliphatic carbocycles. The van der Waals surface area contributed by atoms with Gasteiger partial charge in [-0.3, -0.25) is 0 Å². The summed E-state index contributed by atoms with van der Waals surface area (Å²) in [6.07, 6.45) is 8.11. The molecule has 1 aromatic rings. The number of nitrogens with one attached hydrogen (secondary N) is 1. The van der Waals surface area contributed by atoms with Crippen molar-refractivity contribution in [3.63, 3.8) is 0 Å². The van der Waals surface area contributed by atoms with Gasteiger partial charge in [0.25, 0.3) is 0 Å². The lowest BCUT2D eigenvalue weighted by Crippen LogP contribution is -2.24. The molecule has 0 aliphatic rings. The fourth-order valence-corrected chi connectivity index (χ4v) is 1.69. The van der Waals surface area contributed by atoms with Gasteiger partial charge in [0.2, 0.25) is 0 Å². The van der Waals surface area contributed by atoms with Crippen LogP contribution < -0.4 is 5.32 Å². The van der Waals surface area contributed by atoms with E-state index in [1.807, 2.05) is 0 Å². The number of thioether (sulfide) groups is 1. The van der Waals surface area contributed by atoms with E-state index in [1.165, 1.54) is 10.5 Å². The number of rotatable bonds is 5. The quantitative estimate of drug-likeness (QED) is 0.603. The van der Waals surface area contributed by atoms with Crippen molar-refractivity contribution in [3.8, 4) is 12.3 Å². The molecular formula is C13H17NS. The number of hydrogen-bond acceptors (Lipinski definition) is 2. The monoisotopic (exact) mass is 219 g/mol. The maximum absolute atomic E-state index is 5.24. The third kappa shape index (κ3) is 4.42. The highest BCUT2D eigenvalue weighted by Gasteiger charge is 1.99.